The van der Waals surface area contributed by atoms with Gasteiger partial charge in [-0.15, -0.1) is 0 Å². The Labute approximate surface area is 104 Å². The summed E-state index contributed by atoms with van der Waals surface area (Å²) in [4.78, 5) is 0. The van der Waals surface area contributed by atoms with Crippen LogP contribution >= 0.6 is 11.6 Å². The lowest BCUT2D eigenvalue weighted by Gasteiger charge is -2.29. The molecule has 2 heterocycles. The van der Waals surface area contributed by atoms with Crippen LogP contribution in [0.2, 0.25) is 0 Å². The molecule has 0 aromatic heterocycles. The third-order valence-corrected chi connectivity index (χ3v) is 3.01. The summed E-state index contributed by atoms with van der Waals surface area (Å²) in [5.41, 5.74) is -1.69. The number of aliphatic hydroxyl groups excluding tert-OH is 1. The van der Waals surface area contributed by atoms with E-state index in [4.69, 9.17) is 35.7 Å². The van der Waals surface area contributed by atoms with E-state index in [1.165, 1.54) is 7.11 Å². The highest BCUT2D eigenvalue weighted by Gasteiger charge is 2.70. The molecule has 2 rings (SSSR count). The summed E-state index contributed by atoms with van der Waals surface area (Å²) in [6, 6.07) is 0. The average Bonchev–Trinajstić information content (AvgIpc) is 2.74. The van der Waals surface area contributed by atoms with E-state index in [1.54, 1.807) is 0 Å². The van der Waals surface area contributed by atoms with E-state index in [2.05, 4.69) is 11.3 Å². The number of alkyl halides is 1. The van der Waals surface area contributed by atoms with Crippen LogP contribution < -0.4 is 0 Å². The van der Waals surface area contributed by atoms with Gasteiger partial charge >= 0.3 is 0 Å². The molecule has 1 N–H and O–H groups in total. The average molecular weight is 264 g/mol. The van der Waals surface area contributed by atoms with Crippen LogP contribution in [0.15, 0.2) is 0 Å². The van der Waals surface area contributed by atoms with Crippen LogP contribution in [-0.4, -0.2) is 56.7 Å². The molecule has 0 bridgehead atoms. The first kappa shape index (κ1) is 13.1. The normalized spacial score (nSPS) is 48.6. The minimum atomic E-state index is -2.25. The van der Waals surface area contributed by atoms with Crippen LogP contribution in [0.25, 0.3) is 0 Å². The van der Waals surface area contributed by atoms with Crippen LogP contribution in [0, 0.1) is 11.3 Å². The molecule has 5 atom stereocenters. The van der Waals surface area contributed by atoms with E-state index in [1.807, 2.05) is 0 Å². The molecule has 2 aliphatic rings. The van der Waals surface area contributed by atoms with Crippen molar-refractivity contribution in [3.05, 3.63) is 0 Å². The number of aliphatic hydroxyl groups is 1. The first-order chi connectivity index (χ1) is 8.00. The molecule has 0 saturated carbocycles. The molecule has 94 valence electrons. The smallest absolute Gasteiger partial charge is 0.273 e. The number of rotatable bonds is 2. The fraction of sp³-hybridized carbons (Fsp3) is 0.778. The Morgan fingerprint density at radius 3 is 2.82 bits per heavy atom. The van der Waals surface area contributed by atoms with Crippen molar-refractivity contribution in [1.82, 2.24) is 0 Å². The molecule has 2 saturated heterocycles. The van der Waals surface area contributed by atoms with E-state index >= 15 is 0 Å². The Morgan fingerprint density at radius 2 is 2.29 bits per heavy atom. The second-order valence-corrected chi connectivity index (χ2v) is 4.10. The standard InChI is InChI=1S/C9H11BClFO5/c1-14-7-15-6-5(4-13)16-9(10,12)8(6,17-7)2-3-11/h5-7,13H,4,10H2,1H3/t5-,6?,7?,8?,9-/m1/s1. The van der Waals surface area contributed by atoms with Gasteiger partial charge in [-0.05, 0) is 17.5 Å². The Kier molecular flexibility index (Phi) is 3.38. The zero-order valence-corrected chi connectivity index (χ0v) is 10.0. The van der Waals surface area contributed by atoms with Crippen LogP contribution in [0.3, 0.4) is 0 Å². The summed E-state index contributed by atoms with van der Waals surface area (Å²) < 4.78 is 34.9. The highest BCUT2D eigenvalue weighted by molar-refractivity contribution is 6.30. The maximum atomic E-state index is 14.4. The Balaban J connectivity index is 2.41. The van der Waals surface area contributed by atoms with Gasteiger partial charge in [0.05, 0.1) is 6.61 Å². The van der Waals surface area contributed by atoms with Crippen LogP contribution in [0.5, 0.6) is 0 Å². The van der Waals surface area contributed by atoms with Crippen LogP contribution in [0.1, 0.15) is 0 Å². The summed E-state index contributed by atoms with van der Waals surface area (Å²) in [6.07, 6.45) is -1.79. The van der Waals surface area contributed by atoms with E-state index in [0.717, 1.165) is 7.85 Å². The van der Waals surface area contributed by atoms with Gasteiger partial charge in [0, 0.05) is 12.5 Å². The third-order valence-electron chi connectivity index (χ3n) is 2.92. The topological polar surface area (TPSA) is 57.2 Å². The van der Waals surface area contributed by atoms with Crippen LogP contribution in [-0.2, 0) is 18.9 Å². The van der Waals surface area contributed by atoms with Crippen molar-refractivity contribution in [2.45, 2.75) is 30.0 Å². The fourth-order valence-corrected chi connectivity index (χ4v) is 2.26. The van der Waals surface area contributed by atoms with E-state index in [9.17, 15) is 4.39 Å². The predicted molar refractivity (Wildman–Crippen MR) is 57.5 cm³/mol. The van der Waals surface area contributed by atoms with Crippen molar-refractivity contribution >= 4 is 19.4 Å². The van der Waals surface area contributed by atoms with Gasteiger partial charge in [-0.2, -0.15) is 0 Å². The van der Waals surface area contributed by atoms with Crippen molar-refractivity contribution in [2.75, 3.05) is 13.7 Å². The van der Waals surface area contributed by atoms with E-state index < -0.39 is 36.6 Å². The lowest BCUT2D eigenvalue weighted by Crippen LogP contribution is -2.52. The molecule has 2 aliphatic heterocycles. The minimum absolute atomic E-state index is 0.421. The first-order valence-corrected chi connectivity index (χ1v) is 5.35. The van der Waals surface area contributed by atoms with Gasteiger partial charge < -0.3 is 24.1 Å². The Hall–Kier alpha value is -0.355. The number of fused-ring (bicyclic) bond motifs is 1. The molecular formula is C9H11BClFO5. The lowest BCUT2D eigenvalue weighted by molar-refractivity contribution is -0.276. The van der Waals surface area contributed by atoms with Gasteiger partial charge in [-0.3, -0.25) is 0 Å². The molecule has 0 amide bonds. The molecule has 0 spiro atoms. The van der Waals surface area contributed by atoms with Crippen molar-refractivity contribution in [3.8, 4) is 11.3 Å². The fourth-order valence-electron chi connectivity index (χ4n) is 2.12. The van der Waals surface area contributed by atoms with Gasteiger partial charge in [-0.25, -0.2) is 4.39 Å². The molecule has 2 fully saturated rings. The van der Waals surface area contributed by atoms with Crippen molar-refractivity contribution < 1.29 is 28.4 Å². The van der Waals surface area contributed by atoms with Gasteiger partial charge in [0.15, 0.2) is 7.85 Å². The van der Waals surface area contributed by atoms with Gasteiger partial charge in [0.25, 0.3) is 6.48 Å². The van der Waals surface area contributed by atoms with E-state index in [0.29, 0.717) is 0 Å². The lowest BCUT2D eigenvalue weighted by atomic mass is 9.78. The van der Waals surface area contributed by atoms with Crippen LogP contribution in [0.4, 0.5) is 4.39 Å². The second-order valence-electron chi connectivity index (χ2n) is 3.91. The molecule has 5 nitrogen and oxygen atoms in total. The molecular weight excluding hydrogens is 253 g/mol. The molecule has 3 unspecified atom stereocenters. The van der Waals surface area contributed by atoms with Gasteiger partial charge in [-0.1, -0.05) is 0 Å². The second kappa shape index (κ2) is 4.39. The quantitative estimate of drug-likeness (QED) is 0.508. The number of hydrogen-bond acceptors (Lipinski definition) is 5. The van der Waals surface area contributed by atoms with Gasteiger partial charge in [0.1, 0.15) is 12.2 Å². The van der Waals surface area contributed by atoms with E-state index in [-0.39, 0.29) is 0 Å². The highest BCUT2D eigenvalue weighted by atomic mass is 35.5. The first-order valence-electron chi connectivity index (χ1n) is 4.97. The van der Waals surface area contributed by atoms with Gasteiger partial charge in [0.2, 0.25) is 11.4 Å². The number of ether oxygens (including phenoxy) is 4. The predicted octanol–water partition coefficient (Wildman–Crippen LogP) is -1.08. The summed E-state index contributed by atoms with van der Waals surface area (Å²) >= 11 is 5.33. The number of halogens is 2. The monoisotopic (exact) mass is 264 g/mol. The minimum Gasteiger partial charge on any atom is -0.394 e. The molecule has 0 aromatic rings. The summed E-state index contributed by atoms with van der Waals surface area (Å²) in [6.45, 7) is -1.49. The number of methoxy groups -OCH3 is 1. The maximum Gasteiger partial charge on any atom is 0.273 e. The molecule has 8 heteroatoms. The summed E-state index contributed by atoms with van der Waals surface area (Å²) in [7, 11) is 2.50. The molecule has 0 aliphatic carbocycles. The zero-order valence-electron chi connectivity index (χ0n) is 9.28. The van der Waals surface area contributed by atoms with Crippen molar-refractivity contribution in [1.29, 1.82) is 0 Å². The molecule has 17 heavy (non-hydrogen) atoms. The molecule has 0 radical (unpaired) electrons. The molecule has 0 aromatic carbocycles. The number of hydrogen-bond donors (Lipinski definition) is 1. The summed E-state index contributed by atoms with van der Waals surface area (Å²) in [5.74, 6) is 0.166. The largest absolute Gasteiger partial charge is 0.394 e. The SMILES string of the molecule is B[C@]1(F)O[C@H](CO)C2OC(OC)OC21C#CCl. The Morgan fingerprint density at radius 1 is 1.59 bits per heavy atom. The highest BCUT2D eigenvalue weighted by Crippen LogP contribution is 2.48. The van der Waals surface area contributed by atoms with Crippen molar-refractivity contribution in [2.24, 2.45) is 0 Å². The zero-order chi connectivity index (χ0) is 12.7. The Bertz CT molecular complexity index is 370. The maximum absolute atomic E-state index is 14.4. The third kappa shape index (κ3) is 1.76. The summed E-state index contributed by atoms with van der Waals surface area (Å²) in [5, 5.41) is 11.2. The van der Waals surface area contributed by atoms with Crippen molar-refractivity contribution in [3.63, 3.8) is 0 Å².